The van der Waals surface area contributed by atoms with Gasteiger partial charge in [0.05, 0.1) is 18.6 Å². The summed E-state index contributed by atoms with van der Waals surface area (Å²) in [5, 5.41) is 0. The molecule has 0 aliphatic rings. The lowest BCUT2D eigenvalue weighted by atomic mass is 10.1. The Morgan fingerprint density at radius 1 is 1.12 bits per heavy atom. The SMILES string of the molecule is COC(=O)C(C)CN(CCCN(C)C)C(=O)c1ccc(C(F)(F)F)cc1. The summed E-state index contributed by atoms with van der Waals surface area (Å²) in [6, 6.07) is 4.09. The number of esters is 1. The van der Waals surface area contributed by atoms with Crippen LogP contribution in [0.4, 0.5) is 13.2 Å². The standard InChI is InChI=1S/C18H25F3N2O3/c1-13(17(25)26-4)12-23(11-5-10-22(2)3)16(24)14-6-8-15(9-7-14)18(19,20)21/h6-9,13H,5,10-12H2,1-4H3. The Kier molecular flexibility index (Phi) is 8.08. The monoisotopic (exact) mass is 374 g/mol. The summed E-state index contributed by atoms with van der Waals surface area (Å²) in [6.45, 7) is 2.91. The molecule has 0 fully saturated rings. The Bertz CT molecular complexity index is 601. The molecule has 1 atom stereocenters. The Hall–Kier alpha value is -2.09. The van der Waals surface area contributed by atoms with Crippen molar-refractivity contribution in [2.75, 3.05) is 40.8 Å². The van der Waals surface area contributed by atoms with Crippen LogP contribution in [-0.2, 0) is 15.7 Å². The second kappa shape index (κ2) is 9.56. The maximum Gasteiger partial charge on any atom is 0.416 e. The zero-order valence-corrected chi connectivity index (χ0v) is 15.5. The van der Waals surface area contributed by atoms with Crippen molar-refractivity contribution >= 4 is 11.9 Å². The normalized spacial score (nSPS) is 12.8. The Morgan fingerprint density at radius 2 is 1.69 bits per heavy atom. The third kappa shape index (κ3) is 6.67. The van der Waals surface area contributed by atoms with Crippen LogP contribution in [0.2, 0.25) is 0 Å². The Balaban J connectivity index is 2.92. The Morgan fingerprint density at radius 3 is 2.15 bits per heavy atom. The van der Waals surface area contributed by atoms with Gasteiger partial charge in [-0.25, -0.2) is 0 Å². The van der Waals surface area contributed by atoms with E-state index in [1.54, 1.807) is 6.92 Å². The number of benzene rings is 1. The van der Waals surface area contributed by atoms with Gasteiger partial charge in [0, 0.05) is 18.7 Å². The molecule has 0 aliphatic carbocycles. The molecule has 0 radical (unpaired) electrons. The fraction of sp³-hybridized carbons (Fsp3) is 0.556. The van der Waals surface area contributed by atoms with Gasteiger partial charge in [0.1, 0.15) is 0 Å². The van der Waals surface area contributed by atoms with Crippen LogP contribution in [0.5, 0.6) is 0 Å². The molecule has 1 amide bonds. The predicted octanol–water partition coefficient (Wildman–Crippen LogP) is 2.91. The van der Waals surface area contributed by atoms with Crippen molar-refractivity contribution in [3.63, 3.8) is 0 Å². The number of hydrogen-bond acceptors (Lipinski definition) is 4. The molecule has 26 heavy (non-hydrogen) atoms. The van der Waals surface area contributed by atoms with Crippen molar-refractivity contribution < 1.29 is 27.5 Å². The third-order valence-electron chi connectivity index (χ3n) is 3.88. The smallest absolute Gasteiger partial charge is 0.416 e. The van der Waals surface area contributed by atoms with Crippen molar-refractivity contribution in [2.45, 2.75) is 19.5 Å². The summed E-state index contributed by atoms with van der Waals surface area (Å²) in [7, 11) is 5.07. The predicted molar refractivity (Wildman–Crippen MR) is 91.7 cm³/mol. The van der Waals surface area contributed by atoms with E-state index < -0.39 is 29.5 Å². The van der Waals surface area contributed by atoms with Gasteiger partial charge in [0.15, 0.2) is 0 Å². The fourth-order valence-electron chi connectivity index (χ4n) is 2.44. The number of methoxy groups -OCH3 is 1. The molecule has 0 spiro atoms. The maximum atomic E-state index is 12.7. The number of alkyl halides is 3. The van der Waals surface area contributed by atoms with E-state index in [0.29, 0.717) is 13.0 Å². The van der Waals surface area contributed by atoms with Crippen molar-refractivity contribution in [2.24, 2.45) is 5.92 Å². The van der Waals surface area contributed by atoms with Crippen LogP contribution in [0.1, 0.15) is 29.3 Å². The molecule has 8 heteroatoms. The average Bonchev–Trinajstić information content (AvgIpc) is 2.58. The number of carbonyl (C=O) groups excluding carboxylic acids is 2. The minimum Gasteiger partial charge on any atom is -0.469 e. The van der Waals surface area contributed by atoms with Gasteiger partial charge in [-0.3, -0.25) is 9.59 Å². The highest BCUT2D eigenvalue weighted by molar-refractivity contribution is 5.94. The van der Waals surface area contributed by atoms with Gasteiger partial charge in [0.25, 0.3) is 5.91 Å². The quantitative estimate of drug-likeness (QED) is 0.657. The molecule has 1 rings (SSSR count). The van der Waals surface area contributed by atoms with Crippen molar-refractivity contribution in [1.82, 2.24) is 9.80 Å². The molecular weight excluding hydrogens is 349 g/mol. The van der Waals surface area contributed by atoms with Crippen LogP contribution >= 0.6 is 0 Å². The first-order chi connectivity index (χ1) is 12.1. The second-order valence-electron chi connectivity index (χ2n) is 6.41. The van der Waals surface area contributed by atoms with Gasteiger partial charge in [-0.15, -0.1) is 0 Å². The van der Waals surface area contributed by atoms with Crippen molar-refractivity contribution in [3.05, 3.63) is 35.4 Å². The van der Waals surface area contributed by atoms with Crippen LogP contribution in [0, 0.1) is 5.92 Å². The number of halogens is 3. The van der Waals surface area contributed by atoms with Crippen LogP contribution < -0.4 is 0 Å². The van der Waals surface area contributed by atoms with Gasteiger partial charge in [-0.05, 0) is 51.3 Å². The summed E-state index contributed by atoms with van der Waals surface area (Å²) < 4.78 is 42.7. The van der Waals surface area contributed by atoms with Crippen molar-refractivity contribution in [3.8, 4) is 0 Å². The van der Waals surface area contributed by atoms with Crippen LogP contribution in [0.15, 0.2) is 24.3 Å². The van der Waals surface area contributed by atoms with Gasteiger partial charge in [0.2, 0.25) is 0 Å². The number of nitrogens with zero attached hydrogens (tertiary/aromatic N) is 2. The molecule has 1 unspecified atom stereocenters. The number of amides is 1. The number of rotatable bonds is 8. The second-order valence-corrected chi connectivity index (χ2v) is 6.41. The third-order valence-corrected chi connectivity index (χ3v) is 3.88. The molecule has 5 nitrogen and oxygen atoms in total. The fourth-order valence-corrected chi connectivity index (χ4v) is 2.44. The molecule has 0 saturated heterocycles. The highest BCUT2D eigenvalue weighted by Gasteiger charge is 2.30. The minimum absolute atomic E-state index is 0.139. The average molecular weight is 374 g/mol. The van der Waals surface area contributed by atoms with E-state index in [1.807, 2.05) is 19.0 Å². The summed E-state index contributed by atoms with van der Waals surface area (Å²) in [4.78, 5) is 27.8. The van der Waals surface area contributed by atoms with E-state index in [9.17, 15) is 22.8 Å². The van der Waals surface area contributed by atoms with Gasteiger partial charge in [-0.2, -0.15) is 13.2 Å². The first-order valence-electron chi connectivity index (χ1n) is 8.25. The summed E-state index contributed by atoms with van der Waals surface area (Å²) in [6.07, 6.45) is -3.78. The molecule has 0 aromatic heterocycles. The minimum atomic E-state index is -4.45. The first kappa shape index (κ1) is 22.0. The number of carbonyl (C=O) groups is 2. The molecule has 146 valence electrons. The van der Waals surface area contributed by atoms with E-state index in [2.05, 4.69) is 4.74 Å². The lowest BCUT2D eigenvalue weighted by Gasteiger charge is -2.26. The molecule has 1 aromatic carbocycles. The van der Waals surface area contributed by atoms with Crippen molar-refractivity contribution in [1.29, 1.82) is 0 Å². The Labute approximate surface area is 151 Å². The highest BCUT2D eigenvalue weighted by atomic mass is 19.4. The molecule has 0 aliphatic heterocycles. The maximum absolute atomic E-state index is 12.7. The van der Waals surface area contributed by atoms with Crippen LogP contribution in [0.25, 0.3) is 0 Å². The number of hydrogen-bond donors (Lipinski definition) is 0. The zero-order valence-electron chi connectivity index (χ0n) is 15.5. The summed E-state index contributed by atoms with van der Waals surface area (Å²) in [5.41, 5.74) is -0.656. The van der Waals surface area contributed by atoms with Gasteiger partial charge >= 0.3 is 12.1 Å². The first-order valence-corrected chi connectivity index (χ1v) is 8.25. The number of ether oxygens (including phenoxy) is 1. The molecule has 0 heterocycles. The topological polar surface area (TPSA) is 49.9 Å². The molecular formula is C18H25F3N2O3. The van der Waals surface area contributed by atoms with E-state index in [1.165, 1.54) is 12.0 Å². The highest BCUT2D eigenvalue weighted by Crippen LogP contribution is 2.29. The van der Waals surface area contributed by atoms with Crippen LogP contribution in [-0.4, -0.2) is 62.5 Å². The van der Waals surface area contributed by atoms with E-state index in [0.717, 1.165) is 30.8 Å². The summed E-state index contributed by atoms with van der Waals surface area (Å²) >= 11 is 0. The van der Waals surface area contributed by atoms with E-state index in [4.69, 9.17) is 0 Å². The van der Waals surface area contributed by atoms with Gasteiger partial charge < -0.3 is 14.5 Å². The van der Waals surface area contributed by atoms with Gasteiger partial charge in [-0.1, -0.05) is 6.92 Å². The molecule has 0 N–H and O–H groups in total. The lowest BCUT2D eigenvalue weighted by molar-refractivity contribution is -0.145. The molecule has 0 bridgehead atoms. The lowest BCUT2D eigenvalue weighted by Crippen LogP contribution is -2.38. The largest absolute Gasteiger partial charge is 0.469 e. The molecule has 0 saturated carbocycles. The summed E-state index contributed by atoms with van der Waals surface area (Å²) in [5.74, 6) is -1.38. The van der Waals surface area contributed by atoms with E-state index in [-0.39, 0.29) is 12.1 Å². The molecule has 1 aromatic rings. The van der Waals surface area contributed by atoms with Crippen LogP contribution in [0.3, 0.4) is 0 Å². The zero-order chi connectivity index (χ0) is 19.9. The van der Waals surface area contributed by atoms with E-state index >= 15 is 0 Å².